The van der Waals surface area contributed by atoms with E-state index in [1.807, 2.05) is 12.3 Å². The van der Waals surface area contributed by atoms with Crippen molar-refractivity contribution in [2.45, 2.75) is 38.0 Å². The van der Waals surface area contributed by atoms with Crippen molar-refractivity contribution in [2.75, 3.05) is 0 Å². The van der Waals surface area contributed by atoms with Crippen LogP contribution in [0.4, 0.5) is 0 Å². The Hall–Kier alpha value is -0.630. The van der Waals surface area contributed by atoms with E-state index in [2.05, 4.69) is 18.5 Å². The van der Waals surface area contributed by atoms with Gasteiger partial charge in [-0.05, 0) is 18.9 Å². The smallest absolute Gasteiger partial charge is 0.115 e. The molecule has 0 amide bonds. The number of aromatic nitrogens is 1. The maximum Gasteiger partial charge on any atom is 0.115 e. The summed E-state index contributed by atoms with van der Waals surface area (Å²) in [5, 5.41) is 1.06. The number of thiazole rings is 1. The van der Waals surface area contributed by atoms with Crippen molar-refractivity contribution in [3.8, 4) is 0 Å². The van der Waals surface area contributed by atoms with E-state index < -0.39 is 0 Å². The molecule has 0 aromatic carbocycles. The van der Waals surface area contributed by atoms with Gasteiger partial charge in [0.05, 0.1) is 0 Å². The molecule has 0 unspecified atom stereocenters. The van der Waals surface area contributed by atoms with E-state index in [-0.39, 0.29) is 0 Å². The van der Waals surface area contributed by atoms with E-state index in [1.54, 1.807) is 11.3 Å². The average Bonchev–Trinajstić information content (AvgIpc) is 2.72. The van der Waals surface area contributed by atoms with Crippen LogP contribution in [0.1, 0.15) is 42.5 Å². The van der Waals surface area contributed by atoms with E-state index in [0.29, 0.717) is 5.41 Å². The molecule has 0 bridgehead atoms. The van der Waals surface area contributed by atoms with Gasteiger partial charge in [-0.2, -0.15) is 0 Å². The third kappa shape index (κ3) is 1.55. The zero-order valence-corrected chi connectivity index (χ0v) is 8.86. The zero-order valence-electron chi connectivity index (χ0n) is 8.05. The van der Waals surface area contributed by atoms with Crippen molar-refractivity contribution < 1.29 is 0 Å². The molecule has 0 spiro atoms. The van der Waals surface area contributed by atoms with Crippen LogP contribution in [0.15, 0.2) is 12.8 Å². The van der Waals surface area contributed by atoms with Crippen LogP contribution in [-0.2, 0) is 5.41 Å². The van der Waals surface area contributed by atoms with E-state index in [4.69, 9.17) is 0 Å². The van der Waals surface area contributed by atoms with Gasteiger partial charge in [0.15, 0.2) is 0 Å². The molecule has 1 nitrogen and oxygen atoms in total. The summed E-state index contributed by atoms with van der Waals surface area (Å²) in [6, 6.07) is 0. The number of hydrogen-bond acceptors (Lipinski definition) is 2. The summed E-state index contributed by atoms with van der Waals surface area (Å²) in [6.45, 7) is 6.10. The molecule has 0 atom stereocenters. The fourth-order valence-electron chi connectivity index (χ4n) is 2.06. The predicted octanol–water partition coefficient (Wildman–Crippen LogP) is 3.62. The number of nitrogens with zero attached hydrogens (tertiary/aromatic N) is 1. The molecule has 0 N–H and O–H groups in total. The molecule has 13 heavy (non-hydrogen) atoms. The predicted molar refractivity (Wildman–Crippen MR) is 58.0 cm³/mol. The molecule has 2 heteroatoms. The minimum atomic E-state index is 0.416. The zero-order chi connectivity index (χ0) is 9.31. The molecule has 1 saturated carbocycles. The Labute approximate surface area is 83.5 Å². The quantitative estimate of drug-likeness (QED) is 0.699. The third-order valence-electron chi connectivity index (χ3n) is 3.00. The van der Waals surface area contributed by atoms with E-state index in [0.717, 1.165) is 5.01 Å². The maximum atomic E-state index is 4.32. The first-order chi connectivity index (χ1) is 6.24. The van der Waals surface area contributed by atoms with Gasteiger partial charge < -0.3 is 0 Å². The molecule has 0 radical (unpaired) electrons. The van der Waals surface area contributed by atoms with E-state index in [9.17, 15) is 0 Å². The lowest BCUT2D eigenvalue weighted by molar-refractivity contribution is 0.501. The van der Waals surface area contributed by atoms with Crippen LogP contribution < -0.4 is 0 Å². The first-order valence-electron chi connectivity index (χ1n) is 4.83. The molecule has 1 fully saturated rings. The Bertz CT molecular complexity index is 308. The lowest BCUT2D eigenvalue weighted by Crippen LogP contribution is -2.14. The van der Waals surface area contributed by atoms with Crippen LogP contribution in [-0.4, -0.2) is 4.98 Å². The summed E-state index contributed by atoms with van der Waals surface area (Å²) in [7, 11) is 0. The topological polar surface area (TPSA) is 12.9 Å². The van der Waals surface area contributed by atoms with Gasteiger partial charge in [-0.15, -0.1) is 11.3 Å². The highest BCUT2D eigenvalue weighted by atomic mass is 32.1. The van der Waals surface area contributed by atoms with Crippen molar-refractivity contribution in [1.82, 2.24) is 4.98 Å². The summed E-state index contributed by atoms with van der Waals surface area (Å²) in [5.41, 5.74) is 0.416. The Morgan fingerprint density at radius 3 is 2.77 bits per heavy atom. The largest absolute Gasteiger partial charge is 0.245 e. The minimum Gasteiger partial charge on any atom is -0.245 e. The number of rotatable bonds is 2. The molecule has 1 aromatic rings. The highest BCUT2D eigenvalue weighted by molar-refractivity contribution is 7.12. The van der Waals surface area contributed by atoms with Crippen LogP contribution in [0.5, 0.6) is 0 Å². The molecule has 0 saturated heterocycles. The molecule has 1 aliphatic carbocycles. The van der Waals surface area contributed by atoms with Crippen molar-refractivity contribution in [1.29, 1.82) is 0 Å². The van der Waals surface area contributed by atoms with E-state index in [1.165, 1.54) is 30.6 Å². The van der Waals surface area contributed by atoms with Crippen molar-refractivity contribution in [2.24, 2.45) is 0 Å². The first-order valence-corrected chi connectivity index (χ1v) is 5.65. The molecular formula is C11H15NS. The van der Waals surface area contributed by atoms with Crippen LogP contribution in [0.2, 0.25) is 0 Å². The van der Waals surface area contributed by atoms with Gasteiger partial charge >= 0.3 is 0 Å². The monoisotopic (exact) mass is 193 g/mol. The third-order valence-corrected chi connectivity index (χ3v) is 4.30. The maximum absolute atomic E-state index is 4.32. The van der Waals surface area contributed by atoms with Gasteiger partial charge in [0.1, 0.15) is 5.01 Å². The standard InChI is InChI=1S/C11H15NS/c1-3-10-12-8-9(13-10)11(2)6-4-5-7-11/h3,8H,1,4-7H2,2H3. The van der Waals surface area contributed by atoms with Crippen molar-refractivity contribution in [3.63, 3.8) is 0 Å². The molecule has 2 rings (SSSR count). The summed E-state index contributed by atoms with van der Waals surface area (Å²) < 4.78 is 0. The van der Waals surface area contributed by atoms with Gasteiger partial charge in [0.25, 0.3) is 0 Å². The molecule has 1 aliphatic rings. The van der Waals surface area contributed by atoms with Gasteiger partial charge in [-0.3, -0.25) is 0 Å². The van der Waals surface area contributed by atoms with Gasteiger partial charge in [0.2, 0.25) is 0 Å². The van der Waals surface area contributed by atoms with Crippen LogP contribution in [0.3, 0.4) is 0 Å². The summed E-state index contributed by atoms with van der Waals surface area (Å²) >= 11 is 1.80. The Morgan fingerprint density at radius 1 is 1.54 bits per heavy atom. The van der Waals surface area contributed by atoms with Crippen LogP contribution >= 0.6 is 11.3 Å². The second kappa shape index (κ2) is 3.26. The lowest BCUT2D eigenvalue weighted by atomic mass is 9.88. The lowest BCUT2D eigenvalue weighted by Gasteiger charge is -2.20. The Morgan fingerprint density at radius 2 is 2.23 bits per heavy atom. The molecule has 1 aromatic heterocycles. The highest BCUT2D eigenvalue weighted by Crippen LogP contribution is 2.42. The van der Waals surface area contributed by atoms with Crippen molar-refractivity contribution in [3.05, 3.63) is 22.7 Å². The Balaban J connectivity index is 2.28. The first kappa shape index (κ1) is 8.95. The van der Waals surface area contributed by atoms with E-state index >= 15 is 0 Å². The second-order valence-corrected chi connectivity index (χ2v) is 5.10. The SMILES string of the molecule is C=Cc1ncc(C2(C)CCCC2)s1. The van der Waals surface area contributed by atoms with Crippen molar-refractivity contribution >= 4 is 17.4 Å². The van der Waals surface area contributed by atoms with Gasteiger partial charge in [0, 0.05) is 16.5 Å². The molecule has 0 aliphatic heterocycles. The second-order valence-electron chi connectivity index (χ2n) is 4.03. The van der Waals surface area contributed by atoms with Crippen LogP contribution in [0, 0.1) is 0 Å². The fourth-order valence-corrected chi connectivity index (χ4v) is 3.03. The van der Waals surface area contributed by atoms with Crippen LogP contribution in [0.25, 0.3) is 6.08 Å². The molecule has 70 valence electrons. The normalized spacial score (nSPS) is 20.4. The summed E-state index contributed by atoms with van der Waals surface area (Å²) in [5.74, 6) is 0. The minimum absolute atomic E-state index is 0.416. The summed E-state index contributed by atoms with van der Waals surface area (Å²) in [4.78, 5) is 5.77. The fraction of sp³-hybridized carbons (Fsp3) is 0.545. The summed E-state index contributed by atoms with van der Waals surface area (Å²) in [6.07, 6.45) is 9.27. The Kier molecular flexibility index (Phi) is 2.24. The van der Waals surface area contributed by atoms with Gasteiger partial charge in [-0.25, -0.2) is 4.98 Å². The molecule has 1 heterocycles. The van der Waals surface area contributed by atoms with Gasteiger partial charge in [-0.1, -0.05) is 26.3 Å². The highest BCUT2D eigenvalue weighted by Gasteiger charge is 2.32. The molecular weight excluding hydrogens is 178 g/mol. The average molecular weight is 193 g/mol. The number of hydrogen-bond donors (Lipinski definition) is 0.